The highest BCUT2D eigenvalue weighted by atomic mass is 32.1. The molecular weight excluding hydrogens is 278 g/mol. The largest absolute Gasteiger partial charge is 0.462 e. The third-order valence-corrected chi connectivity index (χ3v) is 4.12. The monoisotopic (exact) mass is 297 g/mol. The maximum Gasteiger partial charge on any atom is 0.341 e. The van der Waals surface area contributed by atoms with Gasteiger partial charge in [-0.25, -0.2) is 4.79 Å². The highest BCUT2D eigenvalue weighted by Gasteiger charge is 2.29. The lowest BCUT2D eigenvalue weighted by molar-refractivity contribution is -0.119. The van der Waals surface area contributed by atoms with E-state index in [1.807, 2.05) is 13.8 Å². The number of thiophene rings is 1. The van der Waals surface area contributed by atoms with Crippen LogP contribution in [0.4, 0.5) is 5.00 Å². The minimum atomic E-state index is -0.400. The zero-order valence-corrected chi connectivity index (χ0v) is 12.7. The van der Waals surface area contributed by atoms with Crippen molar-refractivity contribution in [1.82, 2.24) is 0 Å². The Morgan fingerprint density at radius 1 is 1.55 bits per heavy atom. The molecule has 110 valence electrons. The van der Waals surface area contributed by atoms with Gasteiger partial charge in [-0.15, -0.1) is 11.3 Å². The van der Waals surface area contributed by atoms with E-state index in [1.54, 1.807) is 13.0 Å². The summed E-state index contributed by atoms with van der Waals surface area (Å²) in [4.78, 5) is 25.0. The highest BCUT2D eigenvalue weighted by molar-refractivity contribution is 7.16. The van der Waals surface area contributed by atoms with Gasteiger partial charge in [-0.3, -0.25) is 4.79 Å². The average Bonchev–Trinajstić information content (AvgIpc) is 2.96. The lowest BCUT2D eigenvalue weighted by atomic mass is 10.1. The van der Waals surface area contributed by atoms with E-state index in [9.17, 15) is 9.59 Å². The van der Waals surface area contributed by atoms with Crippen molar-refractivity contribution in [1.29, 1.82) is 0 Å². The number of rotatable bonds is 4. The number of hydrogen-bond acceptors (Lipinski definition) is 5. The number of esters is 1. The van der Waals surface area contributed by atoms with Crippen molar-refractivity contribution < 1.29 is 19.1 Å². The number of amides is 1. The van der Waals surface area contributed by atoms with Crippen molar-refractivity contribution in [2.24, 2.45) is 5.92 Å². The van der Waals surface area contributed by atoms with E-state index in [4.69, 9.17) is 9.47 Å². The maximum atomic E-state index is 12.2. The van der Waals surface area contributed by atoms with E-state index in [0.717, 1.165) is 4.88 Å². The fourth-order valence-electron chi connectivity index (χ4n) is 2.18. The molecule has 1 amide bonds. The van der Waals surface area contributed by atoms with Crippen LogP contribution in [0.15, 0.2) is 6.07 Å². The van der Waals surface area contributed by atoms with Crippen molar-refractivity contribution in [3.63, 3.8) is 0 Å². The van der Waals surface area contributed by atoms with Crippen molar-refractivity contribution in [3.8, 4) is 0 Å². The average molecular weight is 297 g/mol. The zero-order valence-electron chi connectivity index (χ0n) is 11.9. The summed E-state index contributed by atoms with van der Waals surface area (Å²) in [5, 5.41) is 3.39. The number of nitrogens with one attached hydrogen (secondary N) is 1. The van der Waals surface area contributed by atoms with E-state index in [0.29, 0.717) is 30.2 Å². The summed E-state index contributed by atoms with van der Waals surface area (Å²) in [7, 11) is 0. The predicted octanol–water partition coefficient (Wildman–Crippen LogP) is 2.60. The predicted molar refractivity (Wildman–Crippen MR) is 77.2 cm³/mol. The molecule has 1 aliphatic heterocycles. The van der Waals surface area contributed by atoms with Crippen LogP contribution in [0, 0.1) is 12.8 Å². The lowest BCUT2D eigenvalue weighted by Crippen LogP contribution is -2.23. The van der Waals surface area contributed by atoms with Gasteiger partial charge in [-0.2, -0.15) is 0 Å². The topological polar surface area (TPSA) is 64.6 Å². The molecule has 2 unspecified atom stereocenters. The van der Waals surface area contributed by atoms with E-state index < -0.39 is 5.97 Å². The highest BCUT2D eigenvalue weighted by Crippen LogP contribution is 2.30. The Labute approximate surface area is 122 Å². The van der Waals surface area contributed by atoms with Crippen LogP contribution >= 0.6 is 11.3 Å². The van der Waals surface area contributed by atoms with Gasteiger partial charge in [0.2, 0.25) is 5.91 Å². The van der Waals surface area contributed by atoms with Crippen LogP contribution in [0.2, 0.25) is 0 Å². The second-order valence-electron chi connectivity index (χ2n) is 4.89. The van der Waals surface area contributed by atoms with Gasteiger partial charge < -0.3 is 14.8 Å². The molecule has 5 nitrogen and oxygen atoms in total. The first-order chi connectivity index (χ1) is 9.51. The van der Waals surface area contributed by atoms with Crippen LogP contribution < -0.4 is 5.32 Å². The molecule has 6 heteroatoms. The molecule has 1 fully saturated rings. The van der Waals surface area contributed by atoms with Gasteiger partial charge >= 0.3 is 5.97 Å². The third-order valence-electron chi connectivity index (χ3n) is 3.16. The van der Waals surface area contributed by atoms with E-state index in [2.05, 4.69) is 5.32 Å². The molecule has 0 spiro atoms. The Hall–Kier alpha value is -1.40. The Kier molecular flexibility index (Phi) is 4.77. The molecule has 0 bridgehead atoms. The minimum absolute atomic E-state index is 0.0956. The Morgan fingerprint density at radius 2 is 2.30 bits per heavy atom. The van der Waals surface area contributed by atoms with Gasteiger partial charge in [0.1, 0.15) is 5.00 Å². The molecule has 0 aliphatic carbocycles. The molecule has 0 saturated carbocycles. The quantitative estimate of drug-likeness (QED) is 0.868. The second kappa shape index (κ2) is 6.37. The molecule has 0 aromatic carbocycles. The molecule has 0 radical (unpaired) electrons. The summed E-state index contributed by atoms with van der Waals surface area (Å²) in [6.45, 7) is 6.35. The molecule has 2 rings (SSSR count). The third kappa shape index (κ3) is 3.37. The number of ether oxygens (including phenoxy) is 2. The molecular formula is C14H19NO4S. The molecule has 2 atom stereocenters. The smallest absolute Gasteiger partial charge is 0.341 e. The van der Waals surface area contributed by atoms with Crippen molar-refractivity contribution in [2.75, 3.05) is 18.5 Å². The van der Waals surface area contributed by atoms with E-state index in [1.165, 1.54) is 11.3 Å². The fraction of sp³-hybridized carbons (Fsp3) is 0.571. The number of anilines is 1. The molecule has 1 aromatic rings. The van der Waals surface area contributed by atoms with Crippen LogP contribution in [0.25, 0.3) is 0 Å². The van der Waals surface area contributed by atoms with Gasteiger partial charge in [0, 0.05) is 4.88 Å². The summed E-state index contributed by atoms with van der Waals surface area (Å²) in [6.07, 6.45) is 0.825. The first-order valence-corrected chi connectivity index (χ1v) is 7.53. The SMILES string of the molecule is CCOC(=O)c1cc(C)sc1NC(=O)C1COC(C)C1. The van der Waals surface area contributed by atoms with Gasteiger partial charge in [0.25, 0.3) is 0 Å². The van der Waals surface area contributed by atoms with Crippen molar-refractivity contribution in [2.45, 2.75) is 33.3 Å². The molecule has 1 aromatic heterocycles. The molecule has 1 N–H and O–H groups in total. The lowest BCUT2D eigenvalue weighted by Gasteiger charge is -2.09. The second-order valence-corrected chi connectivity index (χ2v) is 6.14. The summed E-state index contributed by atoms with van der Waals surface area (Å²) < 4.78 is 10.4. The summed E-state index contributed by atoms with van der Waals surface area (Å²) in [5.41, 5.74) is 0.426. The molecule has 1 aliphatic rings. The fourth-order valence-corrected chi connectivity index (χ4v) is 3.08. The number of carbonyl (C=O) groups excluding carboxylic acids is 2. The van der Waals surface area contributed by atoms with Crippen LogP contribution in [-0.4, -0.2) is 31.2 Å². The van der Waals surface area contributed by atoms with Gasteiger partial charge in [0.05, 0.1) is 30.8 Å². The van der Waals surface area contributed by atoms with Gasteiger partial charge in [0.15, 0.2) is 0 Å². The molecule has 20 heavy (non-hydrogen) atoms. The first kappa shape index (κ1) is 15.0. The number of hydrogen-bond donors (Lipinski definition) is 1. The standard InChI is InChI=1S/C14H19NO4S/c1-4-18-14(17)11-6-9(3)20-13(11)15-12(16)10-5-8(2)19-7-10/h6,8,10H,4-5,7H2,1-3H3,(H,15,16). The molecule has 2 heterocycles. The van der Waals surface area contributed by atoms with Crippen LogP contribution in [0.5, 0.6) is 0 Å². The maximum absolute atomic E-state index is 12.2. The van der Waals surface area contributed by atoms with Crippen LogP contribution in [0.3, 0.4) is 0 Å². The minimum Gasteiger partial charge on any atom is -0.462 e. The van der Waals surface area contributed by atoms with Crippen LogP contribution in [-0.2, 0) is 14.3 Å². The van der Waals surface area contributed by atoms with Crippen molar-refractivity contribution >= 4 is 28.2 Å². The van der Waals surface area contributed by atoms with Crippen molar-refractivity contribution in [3.05, 3.63) is 16.5 Å². The first-order valence-electron chi connectivity index (χ1n) is 6.71. The zero-order chi connectivity index (χ0) is 14.7. The Bertz CT molecular complexity index is 511. The van der Waals surface area contributed by atoms with E-state index >= 15 is 0 Å². The summed E-state index contributed by atoms with van der Waals surface area (Å²) in [5.74, 6) is -0.646. The van der Waals surface area contributed by atoms with Crippen LogP contribution in [0.1, 0.15) is 35.5 Å². The molecule has 1 saturated heterocycles. The normalized spacial score (nSPS) is 21.8. The number of aryl methyl sites for hydroxylation is 1. The summed E-state index contributed by atoms with van der Waals surface area (Å²) in [6, 6.07) is 1.74. The van der Waals surface area contributed by atoms with Gasteiger partial charge in [-0.1, -0.05) is 0 Å². The Morgan fingerprint density at radius 3 is 2.90 bits per heavy atom. The number of carbonyl (C=O) groups is 2. The summed E-state index contributed by atoms with van der Waals surface area (Å²) >= 11 is 1.38. The Balaban J connectivity index is 2.09. The van der Waals surface area contributed by atoms with E-state index in [-0.39, 0.29) is 17.9 Å². The van der Waals surface area contributed by atoms with Gasteiger partial charge in [-0.05, 0) is 33.3 Å².